The van der Waals surface area contributed by atoms with Gasteiger partial charge in [-0.3, -0.25) is 14.4 Å². The fraction of sp³-hybridized carbons (Fsp3) is 0.541. The molecule has 0 aliphatic carbocycles. The number of unbranched alkanes of at least 4 members (excludes halogenated alkanes) is 2. The van der Waals surface area contributed by atoms with Gasteiger partial charge in [0.2, 0.25) is 5.91 Å². The molecule has 2 aromatic carbocycles. The van der Waals surface area contributed by atoms with Gasteiger partial charge < -0.3 is 24.4 Å². The Morgan fingerprint density at radius 1 is 1.13 bits per heavy atom. The highest BCUT2D eigenvalue weighted by molar-refractivity contribution is 6.05. The topological polar surface area (TPSA) is 96.4 Å². The average Bonchev–Trinajstić information content (AvgIpc) is 3.65. The van der Waals surface area contributed by atoms with E-state index in [-0.39, 0.29) is 37.5 Å². The minimum Gasteiger partial charge on any atom is -0.465 e. The summed E-state index contributed by atoms with van der Waals surface area (Å²) in [4.78, 5) is 46.7. The fourth-order valence-corrected chi connectivity index (χ4v) is 8.10. The predicted molar refractivity (Wildman–Crippen MR) is 176 cm³/mol. The molecule has 0 saturated carbocycles. The molecule has 3 saturated heterocycles. The zero-order valence-electron chi connectivity index (χ0n) is 27.0. The molecule has 242 valence electrons. The van der Waals surface area contributed by atoms with Gasteiger partial charge in [-0.2, -0.15) is 0 Å². The van der Waals surface area contributed by atoms with E-state index in [1.165, 1.54) is 0 Å². The van der Waals surface area contributed by atoms with Crippen molar-refractivity contribution in [3.05, 3.63) is 67.8 Å². The van der Waals surface area contributed by atoms with Gasteiger partial charge in [0.1, 0.15) is 17.6 Å². The van der Waals surface area contributed by atoms with Crippen LogP contribution in [0.4, 0.5) is 5.69 Å². The molecule has 3 aliphatic heterocycles. The molecule has 2 amide bonds. The maximum absolute atomic E-state index is 15.0. The number of nitrogens with zero attached hydrogens (tertiary/aromatic N) is 2. The molecule has 8 nitrogen and oxygen atoms in total. The van der Waals surface area contributed by atoms with E-state index in [9.17, 15) is 19.5 Å². The molecular formula is C37H48N2O6. The van der Waals surface area contributed by atoms with E-state index >= 15 is 0 Å². The molecule has 3 fully saturated rings. The highest BCUT2D eigenvalue weighted by Crippen LogP contribution is 2.65. The average molecular weight is 617 g/mol. The molecule has 8 heteroatoms. The summed E-state index contributed by atoms with van der Waals surface area (Å²) in [6, 6.07) is 12.2. The van der Waals surface area contributed by atoms with Crippen molar-refractivity contribution in [2.24, 2.45) is 17.8 Å². The van der Waals surface area contributed by atoms with Crippen LogP contribution in [0.25, 0.3) is 10.8 Å². The van der Waals surface area contributed by atoms with Gasteiger partial charge in [-0.15, -0.1) is 13.2 Å². The van der Waals surface area contributed by atoms with Crippen molar-refractivity contribution in [1.82, 2.24) is 4.90 Å². The summed E-state index contributed by atoms with van der Waals surface area (Å²) in [5.74, 6) is -2.59. The molecule has 45 heavy (non-hydrogen) atoms. The van der Waals surface area contributed by atoms with Gasteiger partial charge >= 0.3 is 5.97 Å². The lowest BCUT2D eigenvalue weighted by molar-refractivity contribution is -0.162. The molecule has 0 aromatic heterocycles. The van der Waals surface area contributed by atoms with E-state index in [0.29, 0.717) is 37.8 Å². The van der Waals surface area contributed by atoms with Crippen molar-refractivity contribution in [3.8, 4) is 0 Å². The number of aliphatic hydroxyl groups is 1. The van der Waals surface area contributed by atoms with E-state index in [1.54, 1.807) is 15.9 Å². The number of ether oxygens (including phenoxy) is 2. The Morgan fingerprint density at radius 2 is 1.89 bits per heavy atom. The number of anilines is 1. The Morgan fingerprint density at radius 3 is 2.56 bits per heavy atom. The normalized spacial score (nSPS) is 27.5. The first-order chi connectivity index (χ1) is 21.7. The summed E-state index contributed by atoms with van der Waals surface area (Å²) < 4.78 is 12.7. The number of rotatable bonds is 15. The second-order valence-electron chi connectivity index (χ2n) is 13.3. The number of fused-ring (bicyclic) bond motifs is 2. The van der Waals surface area contributed by atoms with Crippen molar-refractivity contribution in [1.29, 1.82) is 0 Å². The maximum atomic E-state index is 15.0. The van der Waals surface area contributed by atoms with Gasteiger partial charge in [0.15, 0.2) is 0 Å². The molecule has 6 atom stereocenters. The summed E-state index contributed by atoms with van der Waals surface area (Å²) >= 11 is 0. The predicted octanol–water partition coefficient (Wildman–Crippen LogP) is 5.82. The summed E-state index contributed by atoms with van der Waals surface area (Å²) in [7, 11) is 0. The summed E-state index contributed by atoms with van der Waals surface area (Å²) in [5, 5.41) is 12.7. The fourth-order valence-electron chi connectivity index (χ4n) is 8.10. The van der Waals surface area contributed by atoms with Crippen LogP contribution >= 0.6 is 0 Å². The van der Waals surface area contributed by atoms with E-state index in [0.717, 1.165) is 23.6 Å². The number of allylic oxidation sites excluding steroid dienone is 1. The van der Waals surface area contributed by atoms with Gasteiger partial charge in [0.05, 0.1) is 30.8 Å². The van der Waals surface area contributed by atoms with Crippen molar-refractivity contribution in [2.75, 3.05) is 24.7 Å². The third-order valence-electron chi connectivity index (χ3n) is 10.1. The lowest BCUT2D eigenvalue weighted by atomic mass is 9.65. The van der Waals surface area contributed by atoms with Crippen LogP contribution in [0.3, 0.4) is 0 Å². The molecule has 3 aliphatic rings. The van der Waals surface area contributed by atoms with Crippen molar-refractivity contribution in [2.45, 2.75) is 89.0 Å². The van der Waals surface area contributed by atoms with E-state index in [1.807, 2.05) is 69.3 Å². The Hall–Kier alpha value is -3.49. The Bertz CT molecular complexity index is 1440. The minimum atomic E-state index is -1.21. The number of carbonyl (C=O) groups excluding carboxylic acids is 3. The second kappa shape index (κ2) is 13.5. The number of esters is 1. The molecule has 1 N–H and O–H groups in total. The van der Waals surface area contributed by atoms with Crippen LogP contribution in [0.2, 0.25) is 0 Å². The third kappa shape index (κ3) is 5.72. The van der Waals surface area contributed by atoms with E-state index < -0.39 is 41.1 Å². The SMILES string of the molecule is C=CCCCCOC(=O)[C@@H]1[C@H]2C(=O)N([C@@H](CO)CC(C)C)C(C(=O)N(CC=C)c3ccc4ccccc4c3)C23CC[C@@]1(CC)O3. The highest BCUT2D eigenvalue weighted by Gasteiger charge is 2.79. The lowest BCUT2D eigenvalue weighted by Crippen LogP contribution is -2.59. The molecule has 2 unspecified atom stereocenters. The number of aliphatic hydroxyl groups excluding tert-OH is 1. The number of likely N-dealkylation sites (tertiary alicyclic amines) is 1. The maximum Gasteiger partial charge on any atom is 0.312 e. The Balaban J connectivity index is 1.58. The largest absolute Gasteiger partial charge is 0.465 e. The molecule has 0 radical (unpaired) electrons. The van der Waals surface area contributed by atoms with E-state index in [2.05, 4.69) is 13.2 Å². The quantitative estimate of drug-likeness (QED) is 0.154. The number of hydrogen-bond donors (Lipinski definition) is 1. The summed E-state index contributed by atoms with van der Waals surface area (Å²) in [6.45, 7) is 13.9. The van der Waals surface area contributed by atoms with Crippen LogP contribution in [0.1, 0.15) is 65.7 Å². The molecule has 1 spiro atoms. The van der Waals surface area contributed by atoms with Crippen molar-refractivity contribution >= 4 is 34.2 Å². The number of benzene rings is 2. The summed E-state index contributed by atoms with van der Waals surface area (Å²) in [6.07, 6.45) is 7.94. The third-order valence-corrected chi connectivity index (χ3v) is 10.1. The van der Waals surface area contributed by atoms with Crippen LogP contribution in [-0.2, 0) is 23.9 Å². The molecule has 2 bridgehead atoms. The van der Waals surface area contributed by atoms with Crippen LogP contribution < -0.4 is 4.90 Å². The standard InChI is InChI=1S/C37H48N2O6/c1-6-9-10-13-21-44-35(43)31-30-33(41)39(29(24-40)22-25(4)5)32(37(30)19-18-36(31,8-3)45-37)34(42)38(20-7-2)28-17-16-26-14-11-12-15-27(26)23-28/h6-7,11-12,14-17,23,25,29-32,40H,1-2,8-10,13,18-22,24H2,3-5H3/t29-,30+,31+,32?,36-,37?/m1/s1. The van der Waals surface area contributed by atoms with Crippen molar-refractivity contribution < 1.29 is 29.0 Å². The molecule has 5 rings (SSSR count). The smallest absolute Gasteiger partial charge is 0.312 e. The first-order valence-electron chi connectivity index (χ1n) is 16.5. The summed E-state index contributed by atoms with van der Waals surface area (Å²) in [5.41, 5.74) is -1.41. The molecule has 3 heterocycles. The number of carbonyl (C=O) groups is 3. The van der Waals surface area contributed by atoms with Gasteiger partial charge in [-0.1, -0.05) is 63.3 Å². The zero-order valence-corrected chi connectivity index (χ0v) is 27.0. The first kappa shape index (κ1) is 32.9. The zero-order chi connectivity index (χ0) is 32.4. The minimum absolute atomic E-state index is 0.156. The van der Waals surface area contributed by atoms with Crippen LogP contribution in [0.5, 0.6) is 0 Å². The van der Waals surface area contributed by atoms with Gasteiger partial charge in [-0.05, 0) is 73.8 Å². The van der Waals surface area contributed by atoms with Gasteiger partial charge in [-0.25, -0.2) is 0 Å². The Labute approximate surface area is 267 Å². The first-order valence-corrected chi connectivity index (χ1v) is 16.5. The number of amides is 2. The lowest BCUT2D eigenvalue weighted by Gasteiger charge is -2.40. The van der Waals surface area contributed by atoms with Gasteiger partial charge in [0.25, 0.3) is 5.91 Å². The van der Waals surface area contributed by atoms with Crippen LogP contribution in [0, 0.1) is 17.8 Å². The van der Waals surface area contributed by atoms with E-state index in [4.69, 9.17) is 9.47 Å². The Kier molecular flexibility index (Phi) is 9.85. The monoisotopic (exact) mass is 616 g/mol. The van der Waals surface area contributed by atoms with Gasteiger partial charge in [0, 0.05) is 12.2 Å². The number of hydrogen-bond acceptors (Lipinski definition) is 6. The van der Waals surface area contributed by atoms with Crippen molar-refractivity contribution in [3.63, 3.8) is 0 Å². The second-order valence-corrected chi connectivity index (χ2v) is 13.3. The highest BCUT2D eigenvalue weighted by atomic mass is 16.6. The van der Waals surface area contributed by atoms with Crippen LogP contribution in [-0.4, -0.2) is 70.8 Å². The molecule has 2 aromatic rings. The van der Waals surface area contributed by atoms with Crippen LogP contribution in [0.15, 0.2) is 67.8 Å². The molecular weight excluding hydrogens is 568 g/mol.